The van der Waals surface area contributed by atoms with E-state index in [1.165, 1.54) is 22.3 Å². The minimum atomic E-state index is 1.06. The summed E-state index contributed by atoms with van der Waals surface area (Å²) in [6, 6.07) is 12.8. The summed E-state index contributed by atoms with van der Waals surface area (Å²) in [4.78, 5) is 0. The Labute approximate surface area is 181 Å². The van der Waals surface area contributed by atoms with Crippen LogP contribution in [0.25, 0.3) is 16.7 Å². The maximum Gasteiger partial charge on any atom is 0.0543 e. The average molecular weight is 394 g/mol. The Morgan fingerprint density at radius 2 is 1.90 bits per heavy atom. The third-order valence-electron chi connectivity index (χ3n) is 5.33. The van der Waals surface area contributed by atoms with Crippen molar-refractivity contribution in [3.05, 3.63) is 114 Å². The van der Waals surface area contributed by atoms with Crippen LogP contribution < -0.4 is 5.32 Å². The SMILES string of the molecule is C=C/C(=C\C=C/C)c1cccc(C2=CCCC=C2)c1Nc1cccc(C)c1C(=C)C. The summed E-state index contributed by atoms with van der Waals surface area (Å²) in [6.07, 6.45) is 17.1. The van der Waals surface area contributed by atoms with Crippen molar-refractivity contribution in [2.24, 2.45) is 0 Å². The van der Waals surface area contributed by atoms with E-state index >= 15 is 0 Å². The maximum atomic E-state index is 4.22. The van der Waals surface area contributed by atoms with Crippen molar-refractivity contribution < 1.29 is 0 Å². The van der Waals surface area contributed by atoms with E-state index < -0.39 is 0 Å². The van der Waals surface area contributed by atoms with Gasteiger partial charge in [-0.05, 0) is 62.0 Å². The summed E-state index contributed by atoms with van der Waals surface area (Å²) in [5, 5.41) is 3.77. The van der Waals surface area contributed by atoms with Crippen LogP contribution in [0.15, 0.2) is 92.1 Å². The summed E-state index contributed by atoms with van der Waals surface area (Å²) in [5.74, 6) is 0. The number of rotatable bonds is 7. The van der Waals surface area contributed by atoms with Gasteiger partial charge in [0.2, 0.25) is 0 Å². The van der Waals surface area contributed by atoms with Gasteiger partial charge in [0.15, 0.2) is 0 Å². The smallest absolute Gasteiger partial charge is 0.0543 e. The van der Waals surface area contributed by atoms with Crippen LogP contribution in [0.5, 0.6) is 0 Å². The molecule has 152 valence electrons. The van der Waals surface area contributed by atoms with Crippen LogP contribution in [0, 0.1) is 6.92 Å². The number of aryl methyl sites for hydroxylation is 1. The molecule has 1 aliphatic carbocycles. The number of para-hydroxylation sites is 1. The molecule has 0 aliphatic heterocycles. The number of benzene rings is 2. The van der Waals surface area contributed by atoms with Gasteiger partial charge in [-0.15, -0.1) is 0 Å². The molecular weight excluding hydrogens is 362 g/mol. The van der Waals surface area contributed by atoms with E-state index in [1.807, 2.05) is 19.1 Å². The second kappa shape index (κ2) is 9.93. The highest BCUT2D eigenvalue weighted by Gasteiger charge is 2.16. The molecule has 0 heterocycles. The first-order valence-corrected chi connectivity index (χ1v) is 10.5. The molecule has 1 nitrogen and oxygen atoms in total. The molecule has 2 aromatic carbocycles. The number of hydrogen-bond acceptors (Lipinski definition) is 1. The molecule has 3 rings (SSSR count). The first kappa shape index (κ1) is 21.4. The molecule has 1 N–H and O–H groups in total. The standard InChI is InChI=1S/C29H31N/c1-6-8-15-23(7-2)25-18-13-19-26(24-16-10-9-11-17-24)29(25)30-27-20-12-14-22(5)28(27)21(3)4/h6-8,10,12-20,30H,2-3,9,11H2,1,4-5H3/b8-6-,23-15+. The molecule has 0 bridgehead atoms. The molecule has 0 fully saturated rings. The number of hydrogen-bond donors (Lipinski definition) is 1. The Hall–Kier alpha value is -3.32. The summed E-state index contributed by atoms with van der Waals surface area (Å²) >= 11 is 0. The summed E-state index contributed by atoms with van der Waals surface area (Å²) in [6.45, 7) is 14.5. The zero-order valence-corrected chi connectivity index (χ0v) is 18.3. The first-order valence-electron chi connectivity index (χ1n) is 10.5. The van der Waals surface area contributed by atoms with Crippen LogP contribution in [-0.4, -0.2) is 0 Å². The highest BCUT2D eigenvalue weighted by Crippen LogP contribution is 2.38. The molecule has 0 radical (unpaired) electrons. The Bertz CT molecular complexity index is 1070. The van der Waals surface area contributed by atoms with Gasteiger partial charge in [-0.3, -0.25) is 0 Å². The van der Waals surface area contributed by atoms with E-state index in [9.17, 15) is 0 Å². The molecule has 0 unspecified atom stereocenters. The van der Waals surface area contributed by atoms with Crippen LogP contribution >= 0.6 is 0 Å². The molecule has 2 aromatic rings. The van der Waals surface area contributed by atoms with Gasteiger partial charge in [0.05, 0.1) is 5.69 Å². The average Bonchev–Trinajstić information content (AvgIpc) is 2.75. The van der Waals surface area contributed by atoms with Gasteiger partial charge < -0.3 is 5.32 Å². The van der Waals surface area contributed by atoms with Gasteiger partial charge in [0, 0.05) is 22.4 Å². The van der Waals surface area contributed by atoms with E-state index in [0.717, 1.165) is 40.9 Å². The van der Waals surface area contributed by atoms with Gasteiger partial charge in [-0.25, -0.2) is 0 Å². The third-order valence-corrected chi connectivity index (χ3v) is 5.33. The third kappa shape index (κ3) is 4.63. The largest absolute Gasteiger partial charge is 0.354 e. The van der Waals surface area contributed by atoms with Crippen molar-refractivity contribution in [2.45, 2.75) is 33.6 Å². The molecule has 1 aliphatic rings. The van der Waals surface area contributed by atoms with E-state index in [4.69, 9.17) is 0 Å². The van der Waals surface area contributed by atoms with Crippen LogP contribution in [0.2, 0.25) is 0 Å². The topological polar surface area (TPSA) is 12.0 Å². The Morgan fingerprint density at radius 3 is 2.57 bits per heavy atom. The van der Waals surface area contributed by atoms with E-state index in [1.54, 1.807) is 0 Å². The van der Waals surface area contributed by atoms with E-state index in [0.29, 0.717) is 0 Å². The van der Waals surface area contributed by atoms with Crippen molar-refractivity contribution in [2.75, 3.05) is 5.32 Å². The van der Waals surface area contributed by atoms with Crippen LogP contribution in [0.3, 0.4) is 0 Å². The fraction of sp³-hybridized carbons (Fsp3) is 0.172. The molecule has 0 spiro atoms. The maximum absolute atomic E-state index is 4.22. The number of allylic oxidation sites excluding steroid dienone is 10. The predicted octanol–water partition coefficient (Wildman–Crippen LogP) is 8.65. The minimum Gasteiger partial charge on any atom is -0.354 e. The van der Waals surface area contributed by atoms with Gasteiger partial charge in [0.1, 0.15) is 0 Å². The van der Waals surface area contributed by atoms with Crippen molar-refractivity contribution in [1.29, 1.82) is 0 Å². The highest BCUT2D eigenvalue weighted by atomic mass is 14.9. The fourth-order valence-electron chi connectivity index (χ4n) is 3.92. The van der Waals surface area contributed by atoms with Gasteiger partial charge >= 0.3 is 0 Å². The normalized spacial score (nSPS) is 14.0. The lowest BCUT2D eigenvalue weighted by Gasteiger charge is -2.22. The molecule has 0 amide bonds. The summed E-state index contributed by atoms with van der Waals surface area (Å²) in [5.41, 5.74) is 10.3. The predicted molar refractivity (Wildman–Crippen MR) is 135 cm³/mol. The number of nitrogens with one attached hydrogen (secondary N) is 1. The summed E-state index contributed by atoms with van der Waals surface area (Å²) < 4.78 is 0. The zero-order chi connectivity index (χ0) is 21.5. The van der Waals surface area contributed by atoms with Crippen LogP contribution in [0.1, 0.15) is 48.9 Å². The van der Waals surface area contributed by atoms with Gasteiger partial charge in [-0.1, -0.05) is 86.0 Å². The lowest BCUT2D eigenvalue weighted by Crippen LogP contribution is -2.03. The lowest BCUT2D eigenvalue weighted by molar-refractivity contribution is 1.04. The molecule has 0 saturated heterocycles. The Morgan fingerprint density at radius 1 is 1.10 bits per heavy atom. The molecular formula is C29H31N. The molecule has 1 heteroatoms. The monoisotopic (exact) mass is 393 g/mol. The van der Waals surface area contributed by atoms with Gasteiger partial charge in [-0.2, -0.15) is 0 Å². The highest BCUT2D eigenvalue weighted by molar-refractivity contribution is 5.94. The van der Waals surface area contributed by atoms with Crippen molar-refractivity contribution in [1.82, 2.24) is 0 Å². The van der Waals surface area contributed by atoms with Crippen molar-refractivity contribution in [3.8, 4) is 0 Å². The Balaban J connectivity index is 2.24. The lowest BCUT2D eigenvalue weighted by atomic mass is 9.92. The van der Waals surface area contributed by atoms with Gasteiger partial charge in [0.25, 0.3) is 0 Å². The quantitative estimate of drug-likeness (QED) is 0.464. The van der Waals surface area contributed by atoms with E-state index in [-0.39, 0.29) is 0 Å². The zero-order valence-electron chi connectivity index (χ0n) is 18.3. The minimum absolute atomic E-state index is 1.06. The van der Waals surface area contributed by atoms with E-state index in [2.05, 4.69) is 99.1 Å². The molecule has 30 heavy (non-hydrogen) atoms. The van der Waals surface area contributed by atoms with Crippen LogP contribution in [0.4, 0.5) is 11.4 Å². The molecule has 0 atom stereocenters. The summed E-state index contributed by atoms with van der Waals surface area (Å²) in [7, 11) is 0. The van der Waals surface area contributed by atoms with Crippen molar-refractivity contribution >= 4 is 28.1 Å². The van der Waals surface area contributed by atoms with Crippen LogP contribution in [-0.2, 0) is 0 Å². The van der Waals surface area contributed by atoms with Crippen molar-refractivity contribution in [3.63, 3.8) is 0 Å². The number of anilines is 2. The second-order valence-corrected chi connectivity index (χ2v) is 7.62. The fourth-order valence-corrected chi connectivity index (χ4v) is 3.92. The second-order valence-electron chi connectivity index (χ2n) is 7.62. The molecule has 0 saturated carbocycles. The first-order chi connectivity index (χ1) is 14.6. The Kier molecular flexibility index (Phi) is 7.08. The molecule has 0 aromatic heterocycles.